The lowest BCUT2D eigenvalue weighted by molar-refractivity contribution is -0.161. The predicted molar refractivity (Wildman–Crippen MR) is 331 cm³/mol. The van der Waals surface area contributed by atoms with Crippen molar-refractivity contribution in [3.8, 4) is 0 Å². The van der Waals surface area contributed by atoms with Crippen LogP contribution >= 0.6 is 7.82 Å². The number of esters is 2. The summed E-state index contributed by atoms with van der Waals surface area (Å²) < 4.78 is 33.2. The molecule has 0 aliphatic rings. The van der Waals surface area contributed by atoms with Gasteiger partial charge in [-0.3, -0.25) is 18.6 Å². The molecule has 9 nitrogen and oxygen atoms in total. The van der Waals surface area contributed by atoms with Crippen LogP contribution in [0.25, 0.3) is 0 Å². The maximum atomic E-state index is 12.7. The minimum absolute atomic E-state index is 0.0570. The van der Waals surface area contributed by atoms with E-state index in [1.165, 1.54) is 308 Å². The van der Waals surface area contributed by atoms with Crippen LogP contribution in [-0.2, 0) is 32.7 Å². The number of carbonyl (C=O) groups is 2. The molecule has 0 aromatic rings. The lowest BCUT2D eigenvalue weighted by Crippen LogP contribution is -2.29. The molecule has 0 aliphatic carbocycles. The highest BCUT2D eigenvalue weighted by atomic mass is 31.2. The molecular formula is C67H132NO8P. The largest absolute Gasteiger partial charge is 0.472 e. The maximum Gasteiger partial charge on any atom is 0.472 e. The molecule has 0 rings (SSSR count). The third-order valence-corrected chi connectivity index (χ3v) is 16.6. The second kappa shape index (κ2) is 63.9. The number of nitrogens with two attached hydrogens (primary N) is 1. The monoisotopic (exact) mass is 1110 g/mol. The number of allylic oxidation sites excluding steroid dienone is 2. The first kappa shape index (κ1) is 75.8. The summed E-state index contributed by atoms with van der Waals surface area (Å²) in [7, 11) is -4.39. The molecular weight excluding hydrogens is 978 g/mol. The van der Waals surface area contributed by atoms with Gasteiger partial charge in [0.25, 0.3) is 0 Å². The Hall–Kier alpha value is -1.25. The molecule has 0 aliphatic heterocycles. The van der Waals surface area contributed by atoms with Crippen LogP contribution in [0.4, 0.5) is 0 Å². The van der Waals surface area contributed by atoms with Gasteiger partial charge in [0.05, 0.1) is 13.2 Å². The van der Waals surface area contributed by atoms with Gasteiger partial charge in [0.1, 0.15) is 6.61 Å². The smallest absolute Gasteiger partial charge is 0.462 e. The normalized spacial score (nSPS) is 12.9. The Labute approximate surface area is 479 Å². The number of hydrogen-bond acceptors (Lipinski definition) is 8. The van der Waals surface area contributed by atoms with Gasteiger partial charge in [-0.05, 0) is 38.5 Å². The van der Waals surface area contributed by atoms with Crippen molar-refractivity contribution in [2.75, 3.05) is 26.4 Å². The molecule has 0 aromatic heterocycles. The average Bonchev–Trinajstić information content (AvgIpc) is 3.42. The Morgan fingerprint density at radius 3 is 0.922 bits per heavy atom. The van der Waals surface area contributed by atoms with Crippen LogP contribution in [0.15, 0.2) is 12.2 Å². The first-order chi connectivity index (χ1) is 37.8. The molecule has 0 saturated carbocycles. The fourth-order valence-corrected chi connectivity index (χ4v) is 11.3. The van der Waals surface area contributed by atoms with Gasteiger partial charge in [0, 0.05) is 19.4 Å². The van der Waals surface area contributed by atoms with Gasteiger partial charge in [-0.2, -0.15) is 0 Å². The lowest BCUT2D eigenvalue weighted by atomic mass is 10.0. The molecule has 0 fully saturated rings. The van der Waals surface area contributed by atoms with Gasteiger partial charge >= 0.3 is 19.8 Å². The van der Waals surface area contributed by atoms with Crippen molar-refractivity contribution in [2.45, 2.75) is 380 Å². The zero-order valence-electron chi connectivity index (χ0n) is 51.5. The van der Waals surface area contributed by atoms with Crippen LogP contribution in [0.2, 0.25) is 0 Å². The van der Waals surface area contributed by atoms with E-state index in [0.717, 1.165) is 32.1 Å². The van der Waals surface area contributed by atoms with Gasteiger partial charge in [-0.1, -0.05) is 334 Å². The van der Waals surface area contributed by atoms with Crippen LogP contribution in [0.5, 0.6) is 0 Å². The van der Waals surface area contributed by atoms with Crippen molar-refractivity contribution in [1.29, 1.82) is 0 Å². The standard InChI is InChI=1S/C67H132NO8P/c1-3-5-7-9-11-13-15-17-19-21-23-25-27-28-29-30-31-32-33-34-35-36-38-39-41-43-45-47-49-51-53-55-57-59-66(69)73-63-65(64-75-77(71,72)74-62-61-68)76-67(70)60-58-56-54-52-50-48-46-44-42-40-37-26-24-22-20-18-16-14-12-10-8-6-4-2/h22,24,65H,3-21,23,25-64,68H2,1-2H3,(H,71,72)/b24-22-. The van der Waals surface area contributed by atoms with E-state index in [1.54, 1.807) is 0 Å². The van der Waals surface area contributed by atoms with Crippen molar-refractivity contribution < 1.29 is 37.6 Å². The van der Waals surface area contributed by atoms with Crippen molar-refractivity contribution in [1.82, 2.24) is 0 Å². The molecule has 0 saturated heterocycles. The molecule has 0 heterocycles. The van der Waals surface area contributed by atoms with Crippen molar-refractivity contribution in [3.05, 3.63) is 12.2 Å². The molecule has 0 aromatic carbocycles. The molecule has 2 atom stereocenters. The molecule has 3 N–H and O–H groups in total. The van der Waals surface area contributed by atoms with Gasteiger partial charge in [-0.25, -0.2) is 4.57 Å². The number of phosphoric ester groups is 1. The minimum Gasteiger partial charge on any atom is -0.462 e. The minimum atomic E-state index is -4.39. The zero-order chi connectivity index (χ0) is 55.9. The highest BCUT2D eigenvalue weighted by Crippen LogP contribution is 2.43. The molecule has 0 spiro atoms. The molecule has 0 amide bonds. The van der Waals surface area contributed by atoms with E-state index < -0.39 is 26.5 Å². The quantitative estimate of drug-likeness (QED) is 0.0264. The summed E-state index contributed by atoms with van der Waals surface area (Å²) >= 11 is 0. The van der Waals surface area contributed by atoms with Gasteiger partial charge in [0.15, 0.2) is 6.10 Å². The molecule has 0 radical (unpaired) electrons. The maximum absolute atomic E-state index is 12.7. The van der Waals surface area contributed by atoms with E-state index in [1.807, 2.05) is 0 Å². The fraction of sp³-hybridized carbons (Fsp3) is 0.940. The molecule has 77 heavy (non-hydrogen) atoms. The lowest BCUT2D eigenvalue weighted by Gasteiger charge is -2.19. The molecule has 10 heteroatoms. The van der Waals surface area contributed by atoms with E-state index in [4.69, 9.17) is 24.3 Å². The second-order valence-corrected chi connectivity index (χ2v) is 24.9. The number of unbranched alkanes of at least 4 members (excludes halogenated alkanes) is 51. The highest BCUT2D eigenvalue weighted by Gasteiger charge is 2.26. The number of phosphoric acid groups is 1. The number of rotatable bonds is 66. The third-order valence-electron chi connectivity index (χ3n) is 15.7. The van der Waals surface area contributed by atoms with Gasteiger partial charge in [-0.15, -0.1) is 0 Å². The Kier molecular flexibility index (Phi) is 62.9. The Bertz CT molecular complexity index is 1270. The molecule has 458 valence electrons. The third kappa shape index (κ3) is 63.8. The van der Waals surface area contributed by atoms with Gasteiger partial charge < -0.3 is 20.1 Å². The summed E-state index contributed by atoms with van der Waals surface area (Å²) in [5.41, 5.74) is 5.40. The van der Waals surface area contributed by atoms with E-state index in [9.17, 15) is 19.0 Å². The summed E-state index contributed by atoms with van der Waals surface area (Å²) in [5, 5.41) is 0. The first-order valence-electron chi connectivity index (χ1n) is 34.2. The van der Waals surface area contributed by atoms with E-state index >= 15 is 0 Å². The van der Waals surface area contributed by atoms with E-state index in [0.29, 0.717) is 6.42 Å². The highest BCUT2D eigenvalue weighted by molar-refractivity contribution is 7.47. The Balaban J connectivity index is 3.80. The van der Waals surface area contributed by atoms with E-state index in [2.05, 4.69) is 26.0 Å². The first-order valence-corrected chi connectivity index (χ1v) is 35.7. The summed E-state index contributed by atoms with van der Waals surface area (Å²) in [6, 6.07) is 0. The summed E-state index contributed by atoms with van der Waals surface area (Å²) in [6.45, 7) is 3.83. The van der Waals surface area contributed by atoms with Crippen LogP contribution in [0.1, 0.15) is 373 Å². The number of carbonyl (C=O) groups excluding carboxylic acids is 2. The van der Waals surface area contributed by atoms with Crippen LogP contribution in [0, 0.1) is 0 Å². The number of ether oxygens (including phenoxy) is 2. The summed E-state index contributed by atoms with van der Waals surface area (Å²) in [4.78, 5) is 35.3. The molecule has 2 unspecified atom stereocenters. The van der Waals surface area contributed by atoms with Crippen LogP contribution in [-0.4, -0.2) is 49.3 Å². The summed E-state index contributed by atoms with van der Waals surface area (Å²) in [6.07, 6.45) is 76.0. The van der Waals surface area contributed by atoms with Crippen LogP contribution < -0.4 is 5.73 Å². The Morgan fingerprint density at radius 2 is 0.636 bits per heavy atom. The van der Waals surface area contributed by atoms with Crippen molar-refractivity contribution >= 4 is 19.8 Å². The van der Waals surface area contributed by atoms with Gasteiger partial charge in [0.2, 0.25) is 0 Å². The van der Waals surface area contributed by atoms with E-state index in [-0.39, 0.29) is 38.6 Å². The second-order valence-electron chi connectivity index (χ2n) is 23.4. The average molecular weight is 1110 g/mol. The summed E-state index contributed by atoms with van der Waals surface area (Å²) in [5.74, 6) is -0.804. The predicted octanol–water partition coefficient (Wildman–Crippen LogP) is 22.0. The number of hydrogen-bond donors (Lipinski definition) is 2. The Morgan fingerprint density at radius 1 is 0.377 bits per heavy atom. The zero-order valence-corrected chi connectivity index (χ0v) is 52.4. The SMILES string of the molecule is CCCCCCCCCC/C=C\CCCCCCCCCCCCCC(=O)OC(COC(=O)CCCCCCCCCCCCCCCCCCCCCCCCCCCCCCCCCCC)COP(=O)(O)OCCN. The van der Waals surface area contributed by atoms with Crippen LogP contribution in [0.3, 0.4) is 0 Å². The fourth-order valence-electron chi connectivity index (χ4n) is 10.6. The topological polar surface area (TPSA) is 134 Å². The molecule has 0 bridgehead atoms. The van der Waals surface area contributed by atoms with Crippen molar-refractivity contribution in [2.24, 2.45) is 5.73 Å². The van der Waals surface area contributed by atoms with Crippen molar-refractivity contribution in [3.63, 3.8) is 0 Å².